The lowest BCUT2D eigenvalue weighted by Crippen LogP contribution is -2.35. The Morgan fingerprint density at radius 1 is 0.365 bits per heavy atom. The summed E-state index contributed by atoms with van der Waals surface area (Å²) in [5, 5.41) is 129. The van der Waals surface area contributed by atoms with Gasteiger partial charge in [-0.3, -0.25) is 72.4 Å². The van der Waals surface area contributed by atoms with Crippen LogP contribution in [0.2, 0.25) is 0 Å². The van der Waals surface area contributed by atoms with Crippen LogP contribution in [0.4, 0.5) is 51.2 Å². The maximum Gasteiger partial charge on any atom is 1.38 e. The van der Waals surface area contributed by atoms with E-state index in [9.17, 15) is 106 Å². The Hall–Kier alpha value is -8.41. The van der Waals surface area contributed by atoms with Crippen molar-refractivity contribution in [3.05, 3.63) is 93.6 Å². The fraction of sp³-hybridized carbons (Fsp3) is 0. The van der Waals surface area contributed by atoms with Crippen LogP contribution in [0.25, 0.3) is 0 Å². The SMILES string of the molecule is O=[N+]([O-])c1cc([N+](=O)[O][Al]([O][N+](=O)c2c(O)c([N+](=O)[O-])cc([N+](=O)[O-])c2O)[O][N+](=O)c2c(O)c([N+](=O)[O-])cc([N+](=O)[O-])c2O)c(O)c([N+](=O)[O-])c1O. The van der Waals surface area contributed by atoms with E-state index >= 15 is 0 Å². The summed E-state index contributed by atoms with van der Waals surface area (Å²) in [6.45, 7) is 0. The molecule has 0 saturated heterocycles. The second kappa shape index (κ2) is 14.0. The summed E-state index contributed by atoms with van der Waals surface area (Å²) in [4.78, 5) is 93.1. The Morgan fingerprint density at radius 2 is 0.596 bits per heavy atom. The van der Waals surface area contributed by atoms with Crippen molar-refractivity contribution in [1.29, 1.82) is 0 Å². The largest absolute Gasteiger partial charge is 1.38 e. The van der Waals surface area contributed by atoms with Gasteiger partial charge < -0.3 is 30.6 Å². The second-order valence-electron chi connectivity index (χ2n) is 8.80. The third-order valence-corrected chi connectivity index (χ3v) is 6.99. The molecule has 0 amide bonds. The number of rotatable bonds is 15. The highest BCUT2D eigenvalue weighted by molar-refractivity contribution is 6.35. The lowest BCUT2D eigenvalue weighted by molar-refractivity contribution is -0.788. The fourth-order valence-electron chi connectivity index (χ4n) is 3.67. The summed E-state index contributed by atoms with van der Waals surface area (Å²) in [6, 6.07) is -0.281. The summed E-state index contributed by atoms with van der Waals surface area (Å²) in [5.41, 5.74) is -16.1. The van der Waals surface area contributed by atoms with Gasteiger partial charge in [-0.25, -0.2) is 0 Å². The minimum Gasteiger partial charge on any atom is -0.497 e. The van der Waals surface area contributed by atoms with Crippen molar-refractivity contribution in [3.8, 4) is 34.5 Å². The van der Waals surface area contributed by atoms with Gasteiger partial charge in [0.1, 0.15) is 18.2 Å². The Balaban J connectivity index is 2.27. The standard InChI is InChI=1S/3C6H3N3O8.Al/c3*10-5-2(7(12)13)1-3(8(14)15)6(11)4(5)9(16)17;/h3*1,10-11H;/q;;;+3. The molecule has 0 atom stereocenters. The van der Waals surface area contributed by atoms with Crippen molar-refractivity contribution < 1.29 is 86.6 Å². The van der Waals surface area contributed by atoms with E-state index in [-0.39, 0.29) is 18.2 Å². The third kappa shape index (κ3) is 6.91. The molecule has 0 aliphatic heterocycles. The van der Waals surface area contributed by atoms with E-state index in [0.717, 1.165) is 0 Å². The molecular formula is C18H9AlN9O24+3. The maximum absolute atomic E-state index is 12.9. The molecule has 3 aromatic carbocycles. The van der Waals surface area contributed by atoms with Crippen molar-refractivity contribution in [2.75, 3.05) is 0 Å². The minimum atomic E-state index is -5.57. The smallest absolute Gasteiger partial charge is 0.497 e. The van der Waals surface area contributed by atoms with E-state index in [1.54, 1.807) is 0 Å². The molecule has 0 aromatic heterocycles. The summed E-state index contributed by atoms with van der Waals surface area (Å²) < 4.78 is 13.2. The van der Waals surface area contributed by atoms with Gasteiger partial charge in [-0.1, -0.05) is 0 Å². The van der Waals surface area contributed by atoms with Gasteiger partial charge in [0.05, 0.1) is 44.3 Å². The van der Waals surface area contributed by atoms with E-state index < -0.39 is 145 Å². The van der Waals surface area contributed by atoms with E-state index in [1.165, 1.54) is 0 Å². The van der Waals surface area contributed by atoms with E-state index in [1.807, 2.05) is 0 Å². The fourth-order valence-corrected chi connectivity index (χ4v) is 4.58. The Bertz CT molecular complexity index is 2010. The van der Waals surface area contributed by atoms with Gasteiger partial charge in [-0.15, -0.1) is 0 Å². The van der Waals surface area contributed by atoms with E-state index in [0.29, 0.717) is 0 Å². The number of phenols is 6. The molecule has 0 spiro atoms. The summed E-state index contributed by atoms with van der Waals surface area (Å²) >= 11 is -5.57. The van der Waals surface area contributed by atoms with Gasteiger partial charge in [0, 0.05) is 0 Å². The van der Waals surface area contributed by atoms with Crippen LogP contribution in [0.1, 0.15) is 0 Å². The van der Waals surface area contributed by atoms with E-state index in [4.69, 9.17) is 0 Å². The average Bonchev–Trinajstić information content (AvgIpc) is 3.00. The Kier molecular flexibility index (Phi) is 10.2. The van der Waals surface area contributed by atoms with Gasteiger partial charge in [0.2, 0.25) is 14.8 Å². The normalized spacial score (nSPS) is 10.4. The topological polar surface area (TPSA) is 468 Å². The molecule has 6 N–H and O–H groups in total. The molecule has 0 radical (unpaired) electrons. The first kappa shape index (κ1) is 38.0. The monoisotopic (exact) mass is 762 g/mol. The number of nitro benzene ring substituents is 6. The molecule has 0 aliphatic carbocycles. The lowest BCUT2D eigenvalue weighted by atomic mass is 10.2. The molecule has 270 valence electrons. The van der Waals surface area contributed by atoms with Crippen molar-refractivity contribution in [1.82, 2.24) is 0 Å². The highest BCUT2D eigenvalue weighted by Crippen LogP contribution is 2.51. The predicted octanol–water partition coefficient (Wildman–Crippen LogP) is 1.78. The lowest BCUT2D eigenvalue weighted by Gasteiger charge is -2.04. The summed E-state index contributed by atoms with van der Waals surface area (Å²) in [5.74, 6) is -11.6. The number of nitro groups is 6. The molecule has 0 saturated carbocycles. The van der Waals surface area contributed by atoms with Crippen LogP contribution in [0.3, 0.4) is 0 Å². The molecule has 0 aliphatic rings. The molecule has 0 fully saturated rings. The van der Waals surface area contributed by atoms with Crippen LogP contribution in [0, 0.1) is 75.4 Å². The number of benzene rings is 3. The number of nitrogens with zero attached hydrogens (tertiary/aromatic N) is 9. The number of hydrogen-bond donors (Lipinski definition) is 6. The van der Waals surface area contributed by atoms with E-state index in [2.05, 4.69) is 11.7 Å². The molecule has 52 heavy (non-hydrogen) atoms. The van der Waals surface area contributed by atoms with Crippen LogP contribution in [0.15, 0.2) is 18.2 Å². The molecule has 3 rings (SSSR count). The maximum atomic E-state index is 12.9. The van der Waals surface area contributed by atoms with Gasteiger partial charge in [-0.05, 0) is 0 Å². The average molecular weight is 762 g/mol. The van der Waals surface area contributed by atoms with Crippen LogP contribution in [0.5, 0.6) is 34.5 Å². The van der Waals surface area contributed by atoms with Gasteiger partial charge >= 0.3 is 66.3 Å². The Morgan fingerprint density at radius 3 is 0.865 bits per heavy atom. The zero-order chi connectivity index (χ0) is 39.7. The molecule has 3 aromatic rings. The number of hydrogen-bond acceptors (Lipinski definition) is 24. The quantitative estimate of drug-likeness (QED) is 0.0729. The van der Waals surface area contributed by atoms with Gasteiger partial charge in [-0.2, -0.15) is 0 Å². The highest BCUT2D eigenvalue weighted by atomic mass is 27.3. The minimum absolute atomic E-state index is 0.0726. The molecule has 0 bridgehead atoms. The van der Waals surface area contributed by atoms with Crippen LogP contribution in [-0.2, 0) is 11.7 Å². The Labute approximate surface area is 281 Å². The van der Waals surface area contributed by atoms with Gasteiger partial charge in [0.15, 0.2) is 0 Å². The number of phenolic OH excluding ortho intramolecular Hbond substituents is 6. The zero-order valence-corrected chi connectivity index (χ0v) is 25.0. The predicted molar refractivity (Wildman–Crippen MR) is 148 cm³/mol. The first-order chi connectivity index (χ1) is 24.0. The summed E-state index contributed by atoms with van der Waals surface area (Å²) in [7, 11) is 0. The molecule has 34 heteroatoms. The molecule has 0 unspecified atom stereocenters. The number of aromatic hydroxyl groups is 6. The van der Waals surface area contributed by atoms with Crippen LogP contribution < -0.4 is 0 Å². The third-order valence-electron chi connectivity index (χ3n) is 5.90. The van der Waals surface area contributed by atoms with Crippen molar-refractivity contribution in [2.45, 2.75) is 0 Å². The van der Waals surface area contributed by atoms with Crippen LogP contribution in [-0.4, -0.2) is 90.1 Å². The molecule has 33 nitrogen and oxygen atoms in total. The first-order valence-corrected chi connectivity index (χ1v) is 13.5. The molecule has 0 heterocycles. The highest BCUT2D eigenvalue weighted by Gasteiger charge is 2.69. The zero-order valence-electron chi connectivity index (χ0n) is 23.9. The molecular weight excluding hydrogens is 753 g/mol. The first-order valence-electron chi connectivity index (χ1n) is 12.1. The second-order valence-corrected chi connectivity index (χ2v) is 10.0. The van der Waals surface area contributed by atoms with Crippen molar-refractivity contribution in [2.24, 2.45) is 0 Å². The summed E-state index contributed by atoms with van der Waals surface area (Å²) in [6.07, 6.45) is 0. The van der Waals surface area contributed by atoms with Gasteiger partial charge in [0.25, 0.3) is 34.5 Å². The van der Waals surface area contributed by atoms with Crippen molar-refractivity contribution >= 4 is 66.3 Å². The van der Waals surface area contributed by atoms with Crippen molar-refractivity contribution in [3.63, 3.8) is 0 Å². The van der Waals surface area contributed by atoms with Crippen LogP contribution >= 0.6 is 0 Å².